The maximum atomic E-state index is 13.0. The molecular weight excluding hydrogens is 397 g/mol. The SMILES string of the molecule is Cc1ccc(C(=O)N2CCCC3(CCN3CC(C)C)C2)c(C)c1.O=C(O)C(F)(F)F. The van der Waals surface area contributed by atoms with Gasteiger partial charge in [0.1, 0.15) is 0 Å². The normalized spacial score (nSPS) is 21.8. The van der Waals surface area contributed by atoms with Crippen molar-refractivity contribution in [2.24, 2.45) is 5.92 Å². The summed E-state index contributed by atoms with van der Waals surface area (Å²) in [4.78, 5) is 26.6. The van der Waals surface area contributed by atoms with Crippen LogP contribution in [0.4, 0.5) is 13.2 Å². The predicted octanol–water partition coefficient (Wildman–Crippen LogP) is 4.27. The van der Waals surface area contributed by atoms with E-state index in [-0.39, 0.29) is 11.4 Å². The highest BCUT2D eigenvalue weighted by molar-refractivity contribution is 5.95. The number of benzene rings is 1. The number of carboxylic acids is 1. The number of rotatable bonds is 3. The monoisotopic (exact) mass is 428 g/mol. The van der Waals surface area contributed by atoms with E-state index in [0.717, 1.165) is 37.2 Å². The van der Waals surface area contributed by atoms with Crippen LogP contribution in [0.3, 0.4) is 0 Å². The van der Waals surface area contributed by atoms with Gasteiger partial charge in [0.05, 0.1) is 0 Å². The molecular formula is C22H31F3N2O3. The van der Waals surface area contributed by atoms with Crippen LogP contribution in [0.1, 0.15) is 54.6 Å². The molecule has 168 valence electrons. The largest absolute Gasteiger partial charge is 0.490 e. The van der Waals surface area contributed by atoms with Gasteiger partial charge in [0, 0.05) is 37.3 Å². The van der Waals surface area contributed by atoms with Crippen molar-refractivity contribution in [1.29, 1.82) is 0 Å². The van der Waals surface area contributed by atoms with Crippen molar-refractivity contribution in [2.75, 3.05) is 26.2 Å². The first-order valence-electron chi connectivity index (χ1n) is 10.3. The third-order valence-corrected chi connectivity index (χ3v) is 5.80. The minimum atomic E-state index is -5.08. The molecule has 2 fully saturated rings. The van der Waals surface area contributed by atoms with Crippen LogP contribution >= 0.6 is 0 Å². The third kappa shape index (κ3) is 5.74. The van der Waals surface area contributed by atoms with Crippen LogP contribution in [-0.2, 0) is 4.79 Å². The molecule has 0 bridgehead atoms. The van der Waals surface area contributed by atoms with Gasteiger partial charge in [-0.1, -0.05) is 31.5 Å². The Morgan fingerprint density at radius 1 is 1.17 bits per heavy atom. The number of halogens is 3. The van der Waals surface area contributed by atoms with Crippen molar-refractivity contribution >= 4 is 11.9 Å². The van der Waals surface area contributed by atoms with Crippen LogP contribution in [-0.4, -0.2) is 64.7 Å². The first kappa shape index (κ1) is 24.2. The zero-order valence-electron chi connectivity index (χ0n) is 18.1. The summed E-state index contributed by atoms with van der Waals surface area (Å²) in [6.45, 7) is 12.9. The van der Waals surface area contributed by atoms with Crippen molar-refractivity contribution in [2.45, 2.75) is 58.7 Å². The van der Waals surface area contributed by atoms with E-state index >= 15 is 0 Å². The Balaban J connectivity index is 0.000000396. The second-order valence-electron chi connectivity index (χ2n) is 8.77. The lowest BCUT2D eigenvalue weighted by molar-refractivity contribution is -0.192. The van der Waals surface area contributed by atoms with Crippen molar-refractivity contribution in [3.63, 3.8) is 0 Å². The van der Waals surface area contributed by atoms with Gasteiger partial charge in [0.15, 0.2) is 0 Å². The molecule has 30 heavy (non-hydrogen) atoms. The number of piperidine rings is 1. The Labute approximate surface area is 175 Å². The number of amides is 1. The van der Waals surface area contributed by atoms with Gasteiger partial charge in [-0.15, -0.1) is 0 Å². The van der Waals surface area contributed by atoms with Crippen LogP contribution in [0.25, 0.3) is 0 Å². The molecule has 1 atom stereocenters. The number of carbonyl (C=O) groups is 2. The summed E-state index contributed by atoms with van der Waals surface area (Å²) in [5.41, 5.74) is 3.46. The summed E-state index contributed by atoms with van der Waals surface area (Å²) in [6, 6.07) is 6.16. The van der Waals surface area contributed by atoms with E-state index in [1.54, 1.807) is 0 Å². The maximum Gasteiger partial charge on any atom is 0.490 e. The minimum Gasteiger partial charge on any atom is -0.475 e. The van der Waals surface area contributed by atoms with E-state index in [1.165, 1.54) is 24.9 Å². The fourth-order valence-corrected chi connectivity index (χ4v) is 4.28. The first-order valence-corrected chi connectivity index (χ1v) is 10.3. The van der Waals surface area contributed by atoms with Crippen LogP contribution < -0.4 is 0 Å². The van der Waals surface area contributed by atoms with E-state index in [1.807, 2.05) is 19.1 Å². The van der Waals surface area contributed by atoms with Gasteiger partial charge in [-0.3, -0.25) is 9.69 Å². The Morgan fingerprint density at radius 3 is 2.27 bits per heavy atom. The van der Waals surface area contributed by atoms with Gasteiger partial charge in [-0.25, -0.2) is 4.79 Å². The molecule has 0 aromatic heterocycles. The highest BCUT2D eigenvalue weighted by Gasteiger charge is 2.48. The summed E-state index contributed by atoms with van der Waals surface area (Å²) in [5.74, 6) is -1.84. The van der Waals surface area contributed by atoms with E-state index in [9.17, 15) is 18.0 Å². The minimum absolute atomic E-state index is 0.220. The van der Waals surface area contributed by atoms with Crippen molar-refractivity contribution < 1.29 is 27.9 Å². The molecule has 1 spiro atoms. The molecule has 3 rings (SSSR count). The molecule has 0 saturated carbocycles. The first-order chi connectivity index (χ1) is 13.9. The van der Waals surface area contributed by atoms with E-state index in [2.05, 4.69) is 36.6 Å². The molecule has 2 heterocycles. The van der Waals surface area contributed by atoms with E-state index in [4.69, 9.17) is 9.90 Å². The van der Waals surface area contributed by atoms with E-state index < -0.39 is 12.1 Å². The highest BCUT2D eigenvalue weighted by atomic mass is 19.4. The van der Waals surface area contributed by atoms with Crippen LogP contribution in [0.2, 0.25) is 0 Å². The van der Waals surface area contributed by atoms with Crippen molar-refractivity contribution in [1.82, 2.24) is 9.80 Å². The summed E-state index contributed by atoms with van der Waals surface area (Å²) in [5, 5.41) is 7.12. The number of hydrogen-bond donors (Lipinski definition) is 1. The maximum absolute atomic E-state index is 13.0. The second kappa shape index (κ2) is 9.37. The fourth-order valence-electron chi connectivity index (χ4n) is 4.28. The molecule has 0 radical (unpaired) electrons. The molecule has 2 aliphatic rings. The number of nitrogens with zero attached hydrogens (tertiary/aromatic N) is 2. The molecule has 1 aromatic carbocycles. The Bertz CT molecular complexity index is 779. The molecule has 1 unspecified atom stereocenters. The summed E-state index contributed by atoms with van der Waals surface area (Å²) >= 11 is 0. The van der Waals surface area contributed by atoms with Crippen LogP contribution in [0.15, 0.2) is 18.2 Å². The Kier molecular flexibility index (Phi) is 7.55. The fraction of sp³-hybridized carbons (Fsp3) is 0.636. The number of carbonyl (C=O) groups excluding carboxylic acids is 1. The van der Waals surface area contributed by atoms with Crippen LogP contribution in [0, 0.1) is 19.8 Å². The Morgan fingerprint density at radius 2 is 1.80 bits per heavy atom. The van der Waals surface area contributed by atoms with Gasteiger partial charge in [0.2, 0.25) is 0 Å². The van der Waals surface area contributed by atoms with Crippen molar-refractivity contribution in [3.05, 3.63) is 34.9 Å². The molecule has 1 aromatic rings. The lowest BCUT2D eigenvalue weighted by Crippen LogP contribution is -2.68. The van der Waals surface area contributed by atoms with Crippen molar-refractivity contribution in [3.8, 4) is 0 Å². The predicted molar refractivity (Wildman–Crippen MR) is 109 cm³/mol. The number of hydrogen-bond acceptors (Lipinski definition) is 3. The molecule has 2 saturated heterocycles. The topological polar surface area (TPSA) is 60.9 Å². The number of aliphatic carboxylic acids is 1. The number of alkyl halides is 3. The van der Waals surface area contributed by atoms with E-state index in [0.29, 0.717) is 5.92 Å². The van der Waals surface area contributed by atoms with Gasteiger partial charge in [0.25, 0.3) is 5.91 Å². The number of likely N-dealkylation sites (tertiary alicyclic amines) is 2. The quantitative estimate of drug-likeness (QED) is 0.781. The number of aryl methyl sites for hydroxylation is 2. The third-order valence-electron chi connectivity index (χ3n) is 5.80. The number of carboxylic acid groups (broad SMARTS) is 1. The van der Waals surface area contributed by atoms with Gasteiger partial charge in [-0.2, -0.15) is 13.2 Å². The molecule has 0 aliphatic carbocycles. The second-order valence-corrected chi connectivity index (χ2v) is 8.77. The lowest BCUT2D eigenvalue weighted by atomic mass is 9.77. The average Bonchev–Trinajstić information content (AvgIpc) is 2.64. The highest BCUT2D eigenvalue weighted by Crippen LogP contribution is 2.39. The van der Waals surface area contributed by atoms with Crippen LogP contribution in [0.5, 0.6) is 0 Å². The zero-order chi connectivity index (χ0) is 22.7. The molecule has 1 amide bonds. The van der Waals surface area contributed by atoms with Gasteiger partial charge >= 0.3 is 12.1 Å². The van der Waals surface area contributed by atoms with Gasteiger partial charge in [-0.05, 0) is 50.7 Å². The molecule has 1 N–H and O–H groups in total. The summed E-state index contributed by atoms with van der Waals surface area (Å²) in [6.07, 6.45) is -1.46. The molecule has 2 aliphatic heterocycles. The Hall–Kier alpha value is -2.09. The lowest BCUT2D eigenvalue weighted by Gasteiger charge is -2.57. The standard InChI is InChI=1S/C20H30N2O.C2HF3O2/c1-15(2)13-22-11-9-20(22)8-5-10-21(14-20)19(23)18-7-6-16(3)12-17(18)4;3-2(4,5)1(6)7/h6-7,12,15H,5,8-11,13-14H2,1-4H3;(H,6,7). The summed E-state index contributed by atoms with van der Waals surface area (Å²) in [7, 11) is 0. The molecule has 5 nitrogen and oxygen atoms in total. The van der Waals surface area contributed by atoms with Gasteiger partial charge < -0.3 is 10.0 Å². The smallest absolute Gasteiger partial charge is 0.475 e. The molecule has 8 heteroatoms. The summed E-state index contributed by atoms with van der Waals surface area (Å²) < 4.78 is 31.7. The zero-order valence-corrected chi connectivity index (χ0v) is 18.1. The average molecular weight is 428 g/mol.